The number of rotatable bonds is 4. The lowest BCUT2D eigenvalue weighted by Gasteiger charge is -2.11. The standard InChI is InChI=1S/C11H12F2N2O3/c12-8-4-11(9(13)3-10(8)15(16)17)18-6-7-1-2-14-5-7/h3-4,7,14H,1-2,5-6H2. The number of nitrogens with one attached hydrogen (secondary N) is 1. The lowest BCUT2D eigenvalue weighted by Crippen LogP contribution is -2.16. The molecule has 0 radical (unpaired) electrons. The zero-order chi connectivity index (χ0) is 13.1. The zero-order valence-electron chi connectivity index (χ0n) is 9.49. The molecule has 1 aliphatic heterocycles. The van der Waals surface area contributed by atoms with Crippen molar-refractivity contribution >= 4 is 5.69 Å². The number of hydrogen-bond acceptors (Lipinski definition) is 4. The molecule has 1 aliphatic rings. The molecular weight excluding hydrogens is 246 g/mol. The molecule has 5 nitrogen and oxygen atoms in total. The Hall–Kier alpha value is -1.76. The molecule has 1 atom stereocenters. The highest BCUT2D eigenvalue weighted by molar-refractivity contribution is 5.39. The summed E-state index contributed by atoms with van der Waals surface area (Å²) in [4.78, 5) is 9.43. The minimum Gasteiger partial charge on any atom is -0.490 e. The van der Waals surface area contributed by atoms with Crippen LogP contribution in [0, 0.1) is 27.7 Å². The fourth-order valence-corrected chi connectivity index (χ4v) is 1.83. The largest absolute Gasteiger partial charge is 0.490 e. The Kier molecular flexibility index (Phi) is 3.71. The molecule has 0 bridgehead atoms. The Morgan fingerprint density at radius 1 is 1.44 bits per heavy atom. The maximum absolute atomic E-state index is 13.5. The molecule has 98 valence electrons. The van der Waals surface area contributed by atoms with Crippen LogP contribution in [0.2, 0.25) is 0 Å². The van der Waals surface area contributed by atoms with Crippen LogP contribution in [0.4, 0.5) is 14.5 Å². The highest BCUT2D eigenvalue weighted by Crippen LogP contribution is 2.26. The van der Waals surface area contributed by atoms with Crippen LogP contribution in [-0.2, 0) is 0 Å². The molecular formula is C11H12F2N2O3. The summed E-state index contributed by atoms with van der Waals surface area (Å²) < 4.78 is 31.9. The molecule has 1 fully saturated rings. The Balaban J connectivity index is 2.08. The number of benzene rings is 1. The summed E-state index contributed by atoms with van der Waals surface area (Å²) >= 11 is 0. The van der Waals surface area contributed by atoms with E-state index in [0.29, 0.717) is 6.07 Å². The van der Waals surface area contributed by atoms with Crippen LogP contribution in [0.15, 0.2) is 12.1 Å². The predicted molar refractivity (Wildman–Crippen MR) is 59.5 cm³/mol. The molecule has 18 heavy (non-hydrogen) atoms. The highest BCUT2D eigenvalue weighted by Gasteiger charge is 2.21. The van der Waals surface area contributed by atoms with Crippen molar-refractivity contribution in [1.82, 2.24) is 5.32 Å². The first-order valence-corrected chi connectivity index (χ1v) is 5.55. The second-order valence-electron chi connectivity index (χ2n) is 4.16. The monoisotopic (exact) mass is 258 g/mol. The number of nitro benzene ring substituents is 1. The molecule has 0 aromatic heterocycles. The van der Waals surface area contributed by atoms with Gasteiger partial charge in [0.1, 0.15) is 0 Å². The number of nitro groups is 1. The van der Waals surface area contributed by atoms with Gasteiger partial charge in [0.25, 0.3) is 0 Å². The van der Waals surface area contributed by atoms with Crippen molar-refractivity contribution in [3.05, 3.63) is 33.9 Å². The van der Waals surface area contributed by atoms with E-state index in [9.17, 15) is 18.9 Å². The average Bonchev–Trinajstić information content (AvgIpc) is 2.82. The highest BCUT2D eigenvalue weighted by atomic mass is 19.1. The van der Waals surface area contributed by atoms with Gasteiger partial charge in [-0.1, -0.05) is 0 Å². The lowest BCUT2D eigenvalue weighted by molar-refractivity contribution is -0.387. The van der Waals surface area contributed by atoms with Gasteiger partial charge >= 0.3 is 5.69 Å². The number of halogens is 2. The fraction of sp³-hybridized carbons (Fsp3) is 0.455. The second kappa shape index (κ2) is 5.26. The van der Waals surface area contributed by atoms with Gasteiger partial charge in [-0.15, -0.1) is 0 Å². The maximum Gasteiger partial charge on any atom is 0.307 e. The molecule has 0 aliphatic carbocycles. The molecule has 1 aromatic rings. The van der Waals surface area contributed by atoms with Crippen LogP contribution in [0.1, 0.15) is 6.42 Å². The molecule has 1 unspecified atom stereocenters. The lowest BCUT2D eigenvalue weighted by atomic mass is 10.1. The van der Waals surface area contributed by atoms with E-state index in [4.69, 9.17) is 4.74 Å². The van der Waals surface area contributed by atoms with Gasteiger partial charge in [0, 0.05) is 18.5 Å². The maximum atomic E-state index is 13.5. The second-order valence-corrected chi connectivity index (χ2v) is 4.16. The van der Waals surface area contributed by atoms with Gasteiger partial charge in [-0.3, -0.25) is 10.1 Å². The van der Waals surface area contributed by atoms with E-state index in [1.54, 1.807) is 0 Å². The van der Waals surface area contributed by atoms with Gasteiger partial charge in [-0.2, -0.15) is 4.39 Å². The first-order valence-electron chi connectivity index (χ1n) is 5.55. The van der Waals surface area contributed by atoms with Crippen molar-refractivity contribution in [3.63, 3.8) is 0 Å². The summed E-state index contributed by atoms with van der Waals surface area (Å²) in [6.07, 6.45) is 0.914. The third kappa shape index (κ3) is 2.73. The summed E-state index contributed by atoms with van der Waals surface area (Å²) in [5.74, 6) is -2.05. The van der Waals surface area contributed by atoms with Crippen molar-refractivity contribution in [2.75, 3.05) is 19.7 Å². The van der Waals surface area contributed by atoms with E-state index in [2.05, 4.69) is 5.32 Å². The molecule has 0 spiro atoms. The van der Waals surface area contributed by atoms with E-state index in [1.165, 1.54) is 0 Å². The van der Waals surface area contributed by atoms with E-state index in [1.807, 2.05) is 0 Å². The average molecular weight is 258 g/mol. The smallest absolute Gasteiger partial charge is 0.307 e. The Bertz CT molecular complexity index is 462. The van der Waals surface area contributed by atoms with E-state index in [0.717, 1.165) is 25.6 Å². The Morgan fingerprint density at radius 2 is 2.22 bits per heavy atom. The van der Waals surface area contributed by atoms with Crippen molar-refractivity contribution in [1.29, 1.82) is 0 Å². The normalized spacial score (nSPS) is 18.9. The molecule has 7 heteroatoms. The Morgan fingerprint density at radius 3 is 2.83 bits per heavy atom. The topological polar surface area (TPSA) is 64.4 Å². The van der Waals surface area contributed by atoms with Gasteiger partial charge in [-0.25, -0.2) is 4.39 Å². The van der Waals surface area contributed by atoms with Crippen LogP contribution in [-0.4, -0.2) is 24.6 Å². The molecule has 1 N–H and O–H groups in total. The van der Waals surface area contributed by atoms with Crippen LogP contribution in [0.3, 0.4) is 0 Å². The van der Waals surface area contributed by atoms with Crippen LogP contribution in [0.25, 0.3) is 0 Å². The van der Waals surface area contributed by atoms with Crippen LogP contribution in [0.5, 0.6) is 5.75 Å². The van der Waals surface area contributed by atoms with E-state index in [-0.39, 0.29) is 18.3 Å². The zero-order valence-corrected chi connectivity index (χ0v) is 9.49. The summed E-state index contributed by atoms with van der Waals surface area (Å²) in [7, 11) is 0. The van der Waals surface area contributed by atoms with E-state index >= 15 is 0 Å². The van der Waals surface area contributed by atoms with Crippen molar-refractivity contribution < 1.29 is 18.4 Å². The number of hydrogen-bond donors (Lipinski definition) is 1. The van der Waals surface area contributed by atoms with Gasteiger partial charge in [0.2, 0.25) is 5.82 Å². The molecule has 0 amide bonds. The van der Waals surface area contributed by atoms with Crippen molar-refractivity contribution in [2.24, 2.45) is 5.92 Å². The van der Waals surface area contributed by atoms with Crippen molar-refractivity contribution in [3.8, 4) is 5.75 Å². The molecule has 1 saturated heterocycles. The molecule has 1 heterocycles. The first-order chi connectivity index (χ1) is 8.58. The Labute approximate surface area is 102 Å². The quantitative estimate of drug-likeness (QED) is 0.661. The number of ether oxygens (including phenoxy) is 1. The van der Waals surface area contributed by atoms with Crippen molar-refractivity contribution in [2.45, 2.75) is 6.42 Å². The van der Waals surface area contributed by atoms with Gasteiger partial charge in [-0.05, 0) is 13.0 Å². The SMILES string of the molecule is O=[N+]([O-])c1cc(F)c(OCC2CCNC2)cc1F. The summed E-state index contributed by atoms with van der Waals surface area (Å²) in [6, 6.07) is 1.26. The minimum absolute atomic E-state index is 0.252. The van der Waals surface area contributed by atoms with Gasteiger partial charge < -0.3 is 10.1 Å². The molecule has 0 saturated carbocycles. The number of nitrogens with zero attached hydrogens (tertiary/aromatic N) is 1. The van der Waals surface area contributed by atoms with Gasteiger partial charge in [0.05, 0.1) is 17.6 Å². The fourth-order valence-electron chi connectivity index (χ4n) is 1.83. The summed E-state index contributed by atoms with van der Waals surface area (Å²) in [6.45, 7) is 1.92. The van der Waals surface area contributed by atoms with Gasteiger partial charge in [0.15, 0.2) is 11.6 Å². The first kappa shape index (κ1) is 12.7. The minimum atomic E-state index is -1.10. The van der Waals surface area contributed by atoms with E-state index < -0.39 is 22.2 Å². The summed E-state index contributed by atoms with van der Waals surface area (Å²) in [5, 5.41) is 13.5. The third-order valence-corrected chi connectivity index (χ3v) is 2.83. The van der Waals surface area contributed by atoms with Crippen LogP contribution < -0.4 is 10.1 Å². The third-order valence-electron chi connectivity index (χ3n) is 2.83. The molecule has 1 aromatic carbocycles. The van der Waals surface area contributed by atoms with Crippen LogP contribution >= 0.6 is 0 Å². The predicted octanol–water partition coefficient (Wildman–Crippen LogP) is 1.86. The summed E-state index contributed by atoms with van der Waals surface area (Å²) in [5.41, 5.74) is -0.887. The molecule has 2 rings (SSSR count).